The van der Waals surface area contributed by atoms with Gasteiger partial charge in [0.1, 0.15) is 5.82 Å². The fraction of sp³-hybridized carbons (Fsp3) is 0.667. The van der Waals surface area contributed by atoms with Crippen LogP contribution < -0.4 is 16.4 Å². The van der Waals surface area contributed by atoms with Crippen LogP contribution in [-0.2, 0) is 4.74 Å². The van der Waals surface area contributed by atoms with E-state index in [2.05, 4.69) is 20.6 Å². The molecule has 8 heteroatoms. The standard InChI is InChI=1S/C15H25N5O3/c1-2-23-11-5-3-10(4-6-11)19-15-18-9-12(13(16)22)14(20-15)17-7-8-21/h9-11,21H,2-8H2,1H3,(H2,16,22)(H2,17,18,19,20). The van der Waals surface area contributed by atoms with Gasteiger partial charge < -0.3 is 26.2 Å². The van der Waals surface area contributed by atoms with Crippen molar-refractivity contribution >= 4 is 17.7 Å². The highest BCUT2D eigenvalue weighted by Crippen LogP contribution is 2.24. The van der Waals surface area contributed by atoms with Gasteiger partial charge >= 0.3 is 0 Å². The highest BCUT2D eigenvalue weighted by atomic mass is 16.5. The van der Waals surface area contributed by atoms with Crippen LogP contribution >= 0.6 is 0 Å². The van der Waals surface area contributed by atoms with Crippen LogP contribution in [0.5, 0.6) is 0 Å². The molecule has 1 amide bonds. The molecular formula is C15H25N5O3. The molecule has 0 atom stereocenters. The van der Waals surface area contributed by atoms with E-state index in [-0.39, 0.29) is 24.8 Å². The number of nitrogens with two attached hydrogens (primary N) is 1. The molecule has 1 aromatic heterocycles. The Hall–Kier alpha value is -1.93. The number of amides is 1. The molecule has 23 heavy (non-hydrogen) atoms. The highest BCUT2D eigenvalue weighted by molar-refractivity contribution is 5.97. The lowest BCUT2D eigenvalue weighted by Gasteiger charge is -2.29. The molecule has 0 saturated heterocycles. The number of hydrogen-bond acceptors (Lipinski definition) is 7. The molecule has 5 N–H and O–H groups in total. The number of anilines is 2. The van der Waals surface area contributed by atoms with Crippen molar-refractivity contribution in [1.29, 1.82) is 0 Å². The maximum Gasteiger partial charge on any atom is 0.254 e. The molecule has 2 rings (SSSR count). The van der Waals surface area contributed by atoms with Gasteiger partial charge in [-0.2, -0.15) is 4.98 Å². The van der Waals surface area contributed by atoms with Crippen molar-refractivity contribution in [2.75, 3.05) is 30.4 Å². The Morgan fingerprint density at radius 3 is 2.78 bits per heavy atom. The summed E-state index contributed by atoms with van der Waals surface area (Å²) in [5.74, 6) is 0.191. The van der Waals surface area contributed by atoms with E-state index >= 15 is 0 Å². The molecule has 1 heterocycles. The van der Waals surface area contributed by atoms with E-state index < -0.39 is 5.91 Å². The Labute approximate surface area is 135 Å². The van der Waals surface area contributed by atoms with Crippen LogP contribution in [0, 0.1) is 0 Å². The summed E-state index contributed by atoms with van der Waals surface area (Å²) in [5.41, 5.74) is 5.52. The van der Waals surface area contributed by atoms with Crippen molar-refractivity contribution in [3.8, 4) is 0 Å². The number of nitrogens with zero attached hydrogens (tertiary/aromatic N) is 2. The number of aliphatic hydroxyl groups is 1. The van der Waals surface area contributed by atoms with E-state index in [1.165, 1.54) is 6.20 Å². The van der Waals surface area contributed by atoms with Gasteiger partial charge in [0.2, 0.25) is 5.95 Å². The first-order valence-corrected chi connectivity index (χ1v) is 8.03. The van der Waals surface area contributed by atoms with E-state index in [0.29, 0.717) is 17.9 Å². The predicted molar refractivity (Wildman–Crippen MR) is 87.4 cm³/mol. The van der Waals surface area contributed by atoms with E-state index in [1.807, 2.05) is 6.92 Å². The number of rotatable bonds is 8. The minimum absolute atomic E-state index is 0.0631. The second kappa shape index (κ2) is 8.64. The van der Waals surface area contributed by atoms with Gasteiger partial charge in [-0.3, -0.25) is 4.79 Å². The summed E-state index contributed by atoms with van der Waals surface area (Å²) in [6, 6.07) is 0.289. The van der Waals surface area contributed by atoms with Gasteiger partial charge in [0, 0.05) is 25.4 Å². The molecular weight excluding hydrogens is 298 g/mol. The van der Waals surface area contributed by atoms with Crippen molar-refractivity contribution in [2.45, 2.75) is 44.8 Å². The molecule has 128 valence electrons. The lowest BCUT2D eigenvalue weighted by molar-refractivity contribution is 0.0346. The average Bonchev–Trinajstić information content (AvgIpc) is 2.55. The smallest absolute Gasteiger partial charge is 0.254 e. The molecule has 1 fully saturated rings. The van der Waals surface area contributed by atoms with Crippen LogP contribution in [0.3, 0.4) is 0 Å². The van der Waals surface area contributed by atoms with Crippen molar-refractivity contribution in [3.05, 3.63) is 11.8 Å². The molecule has 1 aliphatic carbocycles. The monoisotopic (exact) mass is 323 g/mol. The largest absolute Gasteiger partial charge is 0.395 e. The zero-order valence-corrected chi connectivity index (χ0v) is 13.4. The summed E-state index contributed by atoms with van der Waals surface area (Å²) >= 11 is 0. The van der Waals surface area contributed by atoms with E-state index in [9.17, 15) is 4.79 Å². The molecule has 1 aliphatic rings. The SMILES string of the molecule is CCOC1CCC(Nc2ncc(C(N)=O)c(NCCO)n2)CC1. The van der Waals surface area contributed by atoms with Gasteiger partial charge in [-0.15, -0.1) is 0 Å². The van der Waals surface area contributed by atoms with E-state index in [4.69, 9.17) is 15.6 Å². The maximum absolute atomic E-state index is 11.4. The number of aliphatic hydroxyl groups excluding tert-OH is 1. The van der Waals surface area contributed by atoms with Gasteiger partial charge in [0.25, 0.3) is 5.91 Å². The first-order valence-electron chi connectivity index (χ1n) is 8.03. The minimum atomic E-state index is -0.603. The number of primary amides is 1. The average molecular weight is 323 g/mol. The van der Waals surface area contributed by atoms with Crippen molar-refractivity contribution < 1.29 is 14.6 Å². The minimum Gasteiger partial charge on any atom is -0.395 e. The first kappa shape index (κ1) is 17.4. The summed E-state index contributed by atoms with van der Waals surface area (Å²) in [4.78, 5) is 19.9. The predicted octanol–water partition coefficient (Wildman–Crippen LogP) is 0.739. The van der Waals surface area contributed by atoms with Crippen LogP contribution in [0.1, 0.15) is 43.0 Å². The number of hydrogen-bond donors (Lipinski definition) is 4. The normalized spacial score (nSPS) is 21.0. The van der Waals surface area contributed by atoms with Crippen molar-refractivity contribution in [1.82, 2.24) is 9.97 Å². The summed E-state index contributed by atoms with van der Waals surface area (Å²) in [5, 5.41) is 15.1. The molecule has 0 spiro atoms. The molecule has 1 aromatic rings. The Balaban J connectivity index is 1.98. The third-order valence-corrected chi connectivity index (χ3v) is 3.87. The van der Waals surface area contributed by atoms with E-state index in [1.54, 1.807) is 0 Å². The highest BCUT2D eigenvalue weighted by Gasteiger charge is 2.22. The summed E-state index contributed by atoms with van der Waals surface area (Å²) in [7, 11) is 0. The van der Waals surface area contributed by atoms with Gasteiger partial charge in [-0.25, -0.2) is 4.98 Å². The van der Waals surface area contributed by atoms with Crippen LogP contribution in [0.4, 0.5) is 11.8 Å². The molecule has 0 aliphatic heterocycles. The molecule has 1 saturated carbocycles. The van der Waals surface area contributed by atoms with Crippen LogP contribution in [0.2, 0.25) is 0 Å². The van der Waals surface area contributed by atoms with Crippen LogP contribution in [0.25, 0.3) is 0 Å². The Morgan fingerprint density at radius 1 is 1.43 bits per heavy atom. The topological polar surface area (TPSA) is 122 Å². The van der Waals surface area contributed by atoms with Crippen LogP contribution in [0.15, 0.2) is 6.20 Å². The number of carbonyl (C=O) groups excluding carboxylic acids is 1. The zero-order chi connectivity index (χ0) is 16.7. The second-order valence-electron chi connectivity index (χ2n) is 5.54. The maximum atomic E-state index is 11.4. The van der Waals surface area contributed by atoms with Crippen molar-refractivity contribution in [2.24, 2.45) is 5.73 Å². The fourth-order valence-corrected chi connectivity index (χ4v) is 2.73. The number of aromatic nitrogens is 2. The lowest BCUT2D eigenvalue weighted by Crippen LogP contribution is -2.30. The first-order chi connectivity index (χ1) is 11.1. The third kappa shape index (κ3) is 5.04. The second-order valence-corrected chi connectivity index (χ2v) is 5.54. The molecule has 0 bridgehead atoms. The molecule has 0 unspecified atom stereocenters. The number of carbonyl (C=O) groups is 1. The number of ether oxygens (including phenoxy) is 1. The fourth-order valence-electron chi connectivity index (χ4n) is 2.73. The van der Waals surface area contributed by atoms with Gasteiger partial charge in [-0.1, -0.05) is 0 Å². The van der Waals surface area contributed by atoms with Gasteiger partial charge in [0.15, 0.2) is 0 Å². The lowest BCUT2D eigenvalue weighted by atomic mass is 9.93. The molecule has 8 nitrogen and oxygen atoms in total. The summed E-state index contributed by atoms with van der Waals surface area (Å²) in [6.45, 7) is 2.99. The Bertz CT molecular complexity index is 518. The Morgan fingerprint density at radius 2 is 2.17 bits per heavy atom. The van der Waals surface area contributed by atoms with E-state index in [0.717, 1.165) is 32.3 Å². The third-order valence-electron chi connectivity index (χ3n) is 3.87. The van der Waals surface area contributed by atoms with Gasteiger partial charge in [-0.05, 0) is 32.6 Å². The zero-order valence-electron chi connectivity index (χ0n) is 13.4. The van der Waals surface area contributed by atoms with Gasteiger partial charge in [0.05, 0.1) is 18.3 Å². The summed E-state index contributed by atoms with van der Waals surface area (Å²) < 4.78 is 5.64. The van der Waals surface area contributed by atoms with Crippen LogP contribution in [-0.4, -0.2) is 52.9 Å². The Kier molecular flexibility index (Phi) is 6.54. The molecule has 0 aromatic carbocycles. The quantitative estimate of drug-likeness (QED) is 0.556. The molecule has 0 radical (unpaired) electrons. The summed E-state index contributed by atoms with van der Waals surface area (Å²) in [6.07, 6.45) is 5.76. The number of nitrogens with one attached hydrogen (secondary N) is 2. The van der Waals surface area contributed by atoms with Crippen molar-refractivity contribution in [3.63, 3.8) is 0 Å².